The molecule has 5 aromatic rings. The van der Waals surface area contributed by atoms with Crippen LogP contribution in [-0.4, -0.2) is 28.5 Å². The molecule has 0 aliphatic carbocycles. The Bertz CT molecular complexity index is 1450. The number of carbonyl (C=O) groups excluding carboxylic acids is 2. The van der Waals surface area contributed by atoms with Gasteiger partial charge in [-0.25, -0.2) is 9.78 Å². The van der Waals surface area contributed by atoms with Crippen LogP contribution in [0, 0.1) is 6.92 Å². The quantitative estimate of drug-likeness (QED) is 0.275. The van der Waals surface area contributed by atoms with Gasteiger partial charge in [-0.3, -0.25) is 9.69 Å². The fourth-order valence-electron chi connectivity index (χ4n) is 4.00. The largest absolute Gasteiger partial charge is 0.462 e. The molecule has 1 N–H and O–H groups in total. The summed E-state index contributed by atoms with van der Waals surface area (Å²) in [5, 5.41) is 0. The molecule has 0 atom stereocenters. The number of amides is 1. The number of nitrogens with one attached hydrogen (secondary N) is 1. The van der Waals surface area contributed by atoms with Gasteiger partial charge in [-0.1, -0.05) is 66.2 Å². The Hall–Kier alpha value is -4.71. The number of H-pyrrole nitrogens is 1. The topological polar surface area (TPSA) is 75.3 Å². The number of anilines is 2. The number of rotatable bonds is 7. The van der Waals surface area contributed by atoms with Gasteiger partial charge in [0, 0.05) is 16.9 Å². The lowest BCUT2D eigenvalue weighted by molar-refractivity contribution is -0.118. The van der Waals surface area contributed by atoms with E-state index in [1.807, 2.05) is 91.9 Å². The Labute approximate surface area is 209 Å². The Kier molecular flexibility index (Phi) is 6.58. The highest BCUT2D eigenvalue weighted by Gasteiger charge is 2.19. The van der Waals surface area contributed by atoms with E-state index in [1.165, 1.54) is 5.56 Å². The first-order chi connectivity index (χ1) is 17.6. The molecule has 1 heterocycles. The number of carbonyl (C=O) groups is 2. The lowest BCUT2D eigenvalue weighted by atomic mass is 10.1. The van der Waals surface area contributed by atoms with Crippen molar-refractivity contribution in [3.8, 4) is 11.4 Å². The van der Waals surface area contributed by atoms with E-state index in [-0.39, 0.29) is 18.9 Å². The zero-order chi connectivity index (χ0) is 24.9. The van der Waals surface area contributed by atoms with E-state index in [2.05, 4.69) is 9.97 Å². The molecule has 4 aromatic carbocycles. The summed E-state index contributed by atoms with van der Waals surface area (Å²) in [6.07, 6.45) is 0.0550. The summed E-state index contributed by atoms with van der Waals surface area (Å²) < 4.78 is 5.45. The first kappa shape index (κ1) is 23.1. The molecular formula is C30H25N3O3. The van der Waals surface area contributed by atoms with Gasteiger partial charge in [0.2, 0.25) is 5.91 Å². The van der Waals surface area contributed by atoms with Crippen LogP contribution in [0.4, 0.5) is 11.4 Å². The van der Waals surface area contributed by atoms with E-state index in [1.54, 1.807) is 23.1 Å². The summed E-state index contributed by atoms with van der Waals surface area (Å²) in [4.78, 5) is 35.4. The number of nitrogens with zero attached hydrogens (tertiary/aromatic N) is 2. The fourth-order valence-corrected chi connectivity index (χ4v) is 4.00. The summed E-state index contributed by atoms with van der Waals surface area (Å²) in [6, 6.07) is 32.1. The number of fused-ring (bicyclic) bond motifs is 1. The molecule has 0 unspecified atom stereocenters. The SMILES string of the molecule is Cc1ccc(-c2nc3ccc(C(=O)OCCC(=O)N(c4ccccc4)c4ccccc4)cc3[nH]2)cc1. The maximum Gasteiger partial charge on any atom is 0.338 e. The summed E-state index contributed by atoms with van der Waals surface area (Å²) in [5.74, 6) is 0.0946. The minimum absolute atomic E-state index is 0.0243. The normalized spacial score (nSPS) is 10.8. The fraction of sp³-hybridized carbons (Fsp3) is 0.100. The van der Waals surface area contributed by atoms with Crippen LogP contribution in [0.15, 0.2) is 103 Å². The van der Waals surface area contributed by atoms with Crippen molar-refractivity contribution in [3.05, 3.63) is 114 Å². The van der Waals surface area contributed by atoms with Gasteiger partial charge in [0.1, 0.15) is 12.4 Å². The molecule has 0 bridgehead atoms. The van der Waals surface area contributed by atoms with Crippen molar-refractivity contribution in [1.82, 2.24) is 9.97 Å². The molecule has 0 saturated carbocycles. The average Bonchev–Trinajstić information content (AvgIpc) is 3.34. The highest BCUT2D eigenvalue weighted by Crippen LogP contribution is 2.26. The van der Waals surface area contributed by atoms with Crippen LogP contribution >= 0.6 is 0 Å². The summed E-state index contributed by atoms with van der Waals surface area (Å²) in [5.41, 5.74) is 5.57. The molecule has 6 nitrogen and oxygen atoms in total. The van der Waals surface area contributed by atoms with Crippen LogP contribution in [0.1, 0.15) is 22.3 Å². The molecule has 0 aliphatic heterocycles. The summed E-state index contributed by atoms with van der Waals surface area (Å²) >= 11 is 0. The predicted molar refractivity (Wildman–Crippen MR) is 141 cm³/mol. The van der Waals surface area contributed by atoms with E-state index < -0.39 is 5.97 Å². The second-order valence-electron chi connectivity index (χ2n) is 8.47. The number of aromatic nitrogens is 2. The van der Waals surface area contributed by atoms with E-state index in [0.29, 0.717) is 5.56 Å². The first-order valence-electron chi connectivity index (χ1n) is 11.8. The summed E-state index contributed by atoms with van der Waals surface area (Å²) in [6.45, 7) is 2.01. The molecule has 0 aliphatic rings. The minimum atomic E-state index is -0.484. The monoisotopic (exact) mass is 475 g/mol. The third-order valence-electron chi connectivity index (χ3n) is 5.87. The number of aromatic amines is 1. The molecular weight excluding hydrogens is 450 g/mol. The van der Waals surface area contributed by atoms with Crippen molar-refractivity contribution in [2.45, 2.75) is 13.3 Å². The molecule has 178 valence electrons. The molecule has 0 fully saturated rings. The van der Waals surface area contributed by atoms with Crippen molar-refractivity contribution >= 4 is 34.3 Å². The maximum absolute atomic E-state index is 13.1. The third kappa shape index (κ3) is 5.03. The number of para-hydroxylation sites is 2. The number of hydrogen-bond acceptors (Lipinski definition) is 4. The predicted octanol–water partition coefficient (Wildman–Crippen LogP) is 6.45. The van der Waals surface area contributed by atoms with Gasteiger partial charge in [0.25, 0.3) is 0 Å². The van der Waals surface area contributed by atoms with Crippen molar-refractivity contribution in [1.29, 1.82) is 0 Å². The molecule has 6 heteroatoms. The molecule has 36 heavy (non-hydrogen) atoms. The molecule has 0 spiro atoms. The standard InChI is InChI=1S/C30H25N3O3/c1-21-12-14-22(15-13-21)29-31-26-17-16-23(20-27(26)32-29)30(35)36-19-18-28(34)33(24-8-4-2-5-9-24)25-10-6-3-7-11-25/h2-17,20H,18-19H2,1H3,(H,31,32). The van der Waals surface area contributed by atoms with Crippen LogP contribution in [-0.2, 0) is 9.53 Å². The lowest BCUT2D eigenvalue weighted by Crippen LogP contribution is -2.27. The van der Waals surface area contributed by atoms with Crippen LogP contribution in [0.3, 0.4) is 0 Å². The number of imidazole rings is 1. The van der Waals surface area contributed by atoms with Gasteiger partial charge in [0.05, 0.1) is 23.0 Å². The summed E-state index contributed by atoms with van der Waals surface area (Å²) in [7, 11) is 0. The van der Waals surface area contributed by atoms with Crippen LogP contribution in [0.25, 0.3) is 22.4 Å². The Morgan fingerprint density at radius 3 is 2.11 bits per heavy atom. The smallest absolute Gasteiger partial charge is 0.338 e. The Morgan fingerprint density at radius 2 is 1.47 bits per heavy atom. The number of benzene rings is 4. The lowest BCUT2D eigenvalue weighted by Gasteiger charge is -2.23. The number of esters is 1. The second-order valence-corrected chi connectivity index (χ2v) is 8.47. The van der Waals surface area contributed by atoms with Crippen molar-refractivity contribution in [2.24, 2.45) is 0 Å². The first-order valence-corrected chi connectivity index (χ1v) is 11.8. The van der Waals surface area contributed by atoms with Crippen LogP contribution in [0.5, 0.6) is 0 Å². The second kappa shape index (κ2) is 10.3. The highest BCUT2D eigenvalue weighted by atomic mass is 16.5. The van der Waals surface area contributed by atoms with Crippen molar-refractivity contribution in [3.63, 3.8) is 0 Å². The number of hydrogen-bond donors (Lipinski definition) is 1. The van der Waals surface area contributed by atoms with Crippen molar-refractivity contribution in [2.75, 3.05) is 11.5 Å². The van der Waals surface area contributed by atoms with Crippen molar-refractivity contribution < 1.29 is 14.3 Å². The minimum Gasteiger partial charge on any atom is -0.462 e. The van der Waals surface area contributed by atoms with Gasteiger partial charge in [-0.2, -0.15) is 0 Å². The molecule has 0 radical (unpaired) electrons. The highest BCUT2D eigenvalue weighted by molar-refractivity contribution is 6.00. The molecule has 1 amide bonds. The Balaban J connectivity index is 1.26. The van der Waals surface area contributed by atoms with Gasteiger partial charge in [-0.15, -0.1) is 0 Å². The van der Waals surface area contributed by atoms with Gasteiger partial charge in [0.15, 0.2) is 0 Å². The molecule has 1 aromatic heterocycles. The van der Waals surface area contributed by atoms with E-state index in [9.17, 15) is 9.59 Å². The van der Waals surface area contributed by atoms with Gasteiger partial charge in [-0.05, 0) is 49.4 Å². The molecule has 5 rings (SSSR count). The zero-order valence-corrected chi connectivity index (χ0v) is 19.8. The van der Waals surface area contributed by atoms with E-state index in [4.69, 9.17) is 4.74 Å². The van der Waals surface area contributed by atoms with Crippen LogP contribution < -0.4 is 4.90 Å². The van der Waals surface area contributed by atoms with E-state index in [0.717, 1.165) is 33.8 Å². The van der Waals surface area contributed by atoms with E-state index >= 15 is 0 Å². The van der Waals surface area contributed by atoms with Gasteiger partial charge < -0.3 is 9.72 Å². The maximum atomic E-state index is 13.1. The number of ether oxygens (including phenoxy) is 1. The zero-order valence-electron chi connectivity index (χ0n) is 19.8. The Morgan fingerprint density at radius 1 is 0.833 bits per heavy atom. The third-order valence-corrected chi connectivity index (χ3v) is 5.87. The van der Waals surface area contributed by atoms with Crippen LogP contribution in [0.2, 0.25) is 0 Å². The average molecular weight is 476 g/mol. The number of aryl methyl sites for hydroxylation is 1. The molecule has 0 saturated heterocycles. The van der Waals surface area contributed by atoms with Gasteiger partial charge >= 0.3 is 5.97 Å².